The second kappa shape index (κ2) is 8.50. The second-order valence-corrected chi connectivity index (χ2v) is 8.22. The summed E-state index contributed by atoms with van der Waals surface area (Å²) in [5, 5.41) is 6.39. The van der Waals surface area contributed by atoms with Gasteiger partial charge in [0, 0.05) is 11.5 Å². The standard InChI is InChI=1S/C27H22F2N2O/c28-22-13-9-18(10-14-22)17-21-7-4-8-24-25(21)30-31(27(32)20-5-2-1-3-6-20)26(24)19-11-15-23(29)16-12-19/h1-3,5-6,9-17,24,26H,4,7-8H2/b21-17+. The molecule has 5 rings (SSSR count). The molecule has 1 saturated carbocycles. The Morgan fingerprint density at radius 3 is 2.25 bits per heavy atom. The molecule has 0 bridgehead atoms. The van der Waals surface area contributed by atoms with Crippen LogP contribution in [0.5, 0.6) is 0 Å². The van der Waals surface area contributed by atoms with Crippen molar-refractivity contribution in [3.05, 3.63) is 113 Å². The van der Waals surface area contributed by atoms with Gasteiger partial charge in [-0.1, -0.05) is 42.5 Å². The number of hydrazone groups is 1. The van der Waals surface area contributed by atoms with Crippen molar-refractivity contribution < 1.29 is 13.6 Å². The maximum Gasteiger partial charge on any atom is 0.274 e. The number of halogens is 2. The van der Waals surface area contributed by atoms with Gasteiger partial charge in [-0.25, -0.2) is 13.8 Å². The molecule has 3 nitrogen and oxygen atoms in total. The van der Waals surface area contributed by atoms with Crippen LogP contribution in [0.1, 0.15) is 46.8 Å². The molecule has 1 amide bonds. The Labute approximate surface area is 185 Å². The Bertz CT molecular complexity index is 1180. The fourth-order valence-corrected chi connectivity index (χ4v) is 4.63. The van der Waals surface area contributed by atoms with Gasteiger partial charge in [-0.2, -0.15) is 5.10 Å². The highest BCUT2D eigenvalue weighted by Crippen LogP contribution is 2.44. The number of carbonyl (C=O) groups excluding carboxylic acids is 1. The fraction of sp³-hybridized carbons (Fsp3) is 0.185. The van der Waals surface area contributed by atoms with Gasteiger partial charge in [-0.3, -0.25) is 4.79 Å². The number of hydrogen-bond acceptors (Lipinski definition) is 2. The summed E-state index contributed by atoms with van der Waals surface area (Å²) in [6.07, 6.45) is 4.72. The Hall–Kier alpha value is -3.60. The van der Waals surface area contributed by atoms with E-state index in [0.29, 0.717) is 5.56 Å². The molecule has 3 aromatic carbocycles. The number of hydrogen-bond donors (Lipinski definition) is 0. The van der Waals surface area contributed by atoms with Crippen molar-refractivity contribution >= 4 is 17.7 Å². The van der Waals surface area contributed by atoms with Crippen molar-refractivity contribution in [2.75, 3.05) is 0 Å². The van der Waals surface area contributed by atoms with Crippen LogP contribution in [0.2, 0.25) is 0 Å². The van der Waals surface area contributed by atoms with Crippen molar-refractivity contribution in [3.8, 4) is 0 Å². The molecular formula is C27H22F2N2O. The van der Waals surface area contributed by atoms with E-state index in [0.717, 1.165) is 41.7 Å². The largest absolute Gasteiger partial charge is 0.274 e. The molecule has 5 heteroatoms. The predicted molar refractivity (Wildman–Crippen MR) is 121 cm³/mol. The Morgan fingerprint density at radius 2 is 1.56 bits per heavy atom. The van der Waals surface area contributed by atoms with Crippen LogP contribution in [0.3, 0.4) is 0 Å². The molecule has 0 saturated heterocycles. The first-order valence-electron chi connectivity index (χ1n) is 10.8. The van der Waals surface area contributed by atoms with E-state index in [1.54, 1.807) is 41.4 Å². The van der Waals surface area contributed by atoms with Gasteiger partial charge < -0.3 is 0 Å². The molecule has 0 aromatic heterocycles. The molecular weight excluding hydrogens is 406 g/mol. The van der Waals surface area contributed by atoms with Gasteiger partial charge in [0.25, 0.3) is 5.91 Å². The minimum absolute atomic E-state index is 0.0218. The quantitative estimate of drug-likeness (QED) is 0.475. The number of carbonyl (C=O) groups is 1. The lowest BCUT2D eigenvalue weighted by atomic mass is 9.77. The van der Waals surface area contributed by atoms with Crippen molar-refractivity contribution in [1.29, 1.82) is 0 Å². The summed E-state index contributed by atoms with van der Waals surface area (Å²) in [6.45, 7) is 0. The second-order valence-electron chi connectivity index (χ2n) is 8.22. The van der Waals surface area contributed by atoms with Crippen LogP contribution < -0.4 is 0 Å². The lowest BCUT2D eigenvalue weighted by Gasteiger charge is -2.29. The van der Waals surface area contributed by atoms with Crippen LogP contribution in [-0.2, 0) is 0 Å². The van der Waals surface area contributed by atoms with Crippen molar-refractivity contribution in [1.82, 2.24) is 5.01 Å². The van der Waals surface area contributed by atoms with Gasteiger partial charge in [0.2, 0.25) is 0 Å². The number of rotatable bonds is 3. The summed E-state index contributed by atoms with van der Waals surface area (Å²) in [7, 11) is 0. The number of allylic oxidation sites excluding steroid dienone is 1. The van der Waals surface area contributed by atoms with E-state index in [1.807, 2.05) is 24.3 Å². The van der Waals surface area contributed by atoms with Gasteiger partial charge in [0.1, 0.15) is 11.6 Å². The Balaban J connectivity index is 1.57. The molecule has 3 aromatic rings. The van der Waals surface area contributed by atoms with E-state index in [4.69, 9.17) is 5.10 Å². The van der Waals surface area contributed by atoms with E-state index in [2.05, 4.69) is 0 Å². The molecule has 0 N–H and O–H groups in total. The predicted octanol–water partition coefficient (Wildman–Crippen LogP) is 6.40. The highest BCUT2D eigenvalue weighted by Gasteiger charge is 2.43. The van der Waals surface area contributed by atoms with Gasteiger partial charge in [0.05, 0.1) is 11.8 Å². The first-order chi connectivity index (χ1) is 15.6. The molecule has 0 spiro atoms. The molecule has 1 heterocycles. The average Bonchev–Trinajstić information content (AvgIpc) is 3.22. The first-order valence-corrected chi connectivity index (χ1v) is 10.8. The van der Waals surface area contributed by atoms with E-state index < -0.39 is 0 Å². The SMILES string of the molecule is O=C(c1ccccc1)N1N=C2/C(=C/c3ccc(F)cc3)CCCC2C1c1ccc(F)cc1. The third-order valence-corrected chi connectivity index (χ3v) is 6.15. The molecule has 0 radical (unpaired) electrons. The van der Waals surface area contributed by atoms with Crippen LogP contribution in [0.25, 0.3) is 6.08 Å². The molecule has 1 fully saturated rings. The maximum absolute atomic E-state index is 13.6. The number of fused-ring (bicyclic) bond motifs is 1. The van der Waals surface area contributed by atoms with Crippen molar-refractivity contribution in [2.45, 2.75) is 25.3 Å². The highest BCUT2D eigenvalue weighted by molar-refractivity contribution is 6.09. The molecule has 2 atom stereocenters. The van der Waals surface area contributed by atoms with Gasteiger partial charge in [0.15, 0.2) is 0 Å². The molecule has 2 unspecified atom stereocenters. The zero-order chi connectivity index (χ0) is 22.1. The van der Waals surface area contributed by atoms with Gasteiger partial charge in [-0.15, -0.1) is 0 Å². The van der Waals surface area contributed by atoms with Crippen molar-refractivity contribution in [3.63, 3.8) is 0 Å². The lowest BCUT2D eigenvalue weighted by molar-refractivity contribution is 0.0681. The van der Waals surface area contributed by atoms with Crippen LogP contribution in [-0.4, -0.2) is 16.6 Å². The number of benzene rings is 3. The van der Waals surface area contributed by atoms with E-state index in [-0.39, 0.29) is 29.5 Å². The smallest absolute Gasteiger partial charge is 0.267 e. The average molecular weight is 428 g/mol. The normalized spacial score (nSPS) is 21.4. The molecule has 2 aliphatic rings. The van der Waals surface area contributed by atoms with E-state index >= 15 is 0 Å². The molecule has 1 aliphatic heterocycles. The summed E-state index contributed by atoms with van der Waals surface area (Å²) >= 11 is 0. The van der Waals surface area contributed by atoms with Gasteiger partial charge >= 0.3 is 0 Å². The monoisotopic (exact) mass is 428 g/mol. The summed E-state index contributed by atoms with van der Waals surface area (Å²) in [4.78, 5) is 13.4. The topological polar surface area (TPSA) is 32.7 Å². The van der Waals surface area contributed by atoms with E-state index in [1.165, 1.54) is 24.3 Å². The number of amides is 1. The highest BCUT2D eigenvalue weighted by atomic mass is 19.1. The lowest BCUT2D eigenvalue weighted by Crippen LogP contribution is -2.31. The van der Waals surface area contributed by atoms with E-state index in [9.17, 15) is 13.6 Å². The zero-order valence-electron chi connectivity index (χ0n) is 17.4. The zero-order valence-corrected chi connectivity index (χ0v) is 17.4. The summed E-state index contributed by atoms with van der Waals surface area (Å²) < 4.78 is 26.9. The Kier molecular flexibility index (Phi) is 5.39. The minimum atomic E-state index is -0.311. The third kappa shape index (κ3) is 3.86. The van der Waals surface area contributed by atoms with Gasteiger partial charge in [-0.05, 0) is 78.4 Å². The minimum Gasteiger partial charge on any atom is -0.267 e. The van der Waals surface area contributed by atoms with Crippen LogP contribution >= 0.6 is 0 Å². The van der Waals surface area contributed by atoms with Crippen LogP contribution in [0.15, 0.2) is 89.5 Å². The maximum atomic E-state index is 13.6. The fourth-order valence-electron chi connectivity index (χ4n) is 4.63. The molecule has 32 heavy (non-hydrogen) atoms. The summed E-state index contributed by atoms with van der Waals surface area (Å²) in [6, 6.07) is 21.5. The Morgan fingerprint density at radius 1 is 0.906 bits per heavy atom. The molecule has 1 aliphatic carbocycles. The van der Waals surface area contributed by atoms with Crippen molar-refractivity contribution in [2.24, 2.45) is 11.0 Å². The van der Waals surface area contributed by atoms with Crippen LogP contribution in [0.4, 0.5) is 8.78 Å². The summed E-state index contributed by atoms with van der Waals surface area (Å²) in [5.41, 5.74) is 4.27. The number of nitrogens with zero attached hydrogens (tertiary/aromatic N) is 2. The first kappa shape index (κ1) is 20.3. The molecule has 160 valence electrons. The summed E-state index contributed by atoms with van der Waals surface area (Å²) in [5.74, 6) is -0.742. The third-order valence-electron chi connectivity index (χ3n) is 6.15. The van der Waals surface area contributed by atoms with Crippen LogP contribution in [0, 0.1) is 17.6 Å².